The first-order valence-corrected chi connectivity index (χ1v) is 7.85. The fourth-order valence-corrected chi connectivity index (χ4v) is 3.47. The predicted octanol–water partition coefficient (Wildman–Crippen LogP) is -0.0214. The molecule has 0 fully saturated rings. The molecule has 6 nitrogen and oxygen atoms in total. The van der Waals surface area contributed by atoms with Crippen molar-refractivity contribution in [3.8, 4) is 0 Å². The Hall–Kier alpha value is -0.920. The first-order chi connectivity index (χ1) is 8.38. The zero-order chi connectivity index (χ0) is 13.3. The van der Waals surface area contributed by atoms with Crippen LogP contribution >= 0.6 is 0 Å². The van der Waals surface area contributed by atoms with Crippen molar-refractivity contribution in [2.45, 2.75) is 25.6 Å². The molecular formula is C11H20N4O2S. The molecule has 18 heavy (non-hydrogen) atoms. The zero-order valence-electron chi connectivity index (χ0n) is 11.1. The van der Waals surface area contributed by atoms with E-state index in [9.17, 15) is 8.42 Å². The van der Waals surface area contributed by atoms with Crippen LogP contribution in [0.15, 0.2) is 12.3 Å². The van der Waals surface area contributed by atoms with E-state index in [0.717, 1.165) is 25.2 Å². The summed E-state index contributed by atoms with van der Waals surface area (Å²) in [5.74, 6) is 0. The van der Waals surface area contributed by atoms with Crippen molar-refractivity contribution in [2.75, 3.05) is 26.9 Å². The third-order valence-electron chi connectivity index (χ3n) is 3.21. The molecule has 1 aliphatic heterocycles. The number of aryl methyl sites for hydroxylation is 1. The van der Waals surface area contributed by atoms with Gasteiger partial charge in [0.05, 0.1) is 18.5 Å². The van der Waals surface area contributed by atoms with Crippen molar-refractivity contribution in [1.29, 1.82) is 0 Å². The molecule has 0 spiro atoms. The molecule has 1 unspecified atom stereocenters. The second-order valence-electron chi connectivity index (χ2n) is 5.06. The highest BCUT2D eigenvalue weighted by molar-refractivity contribution is 7.88. The molecule has 7 heteroatoms. The second-order valence-corrected chi connectivity index (χ2v) is 6.99. The van der Waals surface area contributed by atoms with Gasteiger partial charge in [-0.1, -0.05) is 0 Å². The van der Waals surface area contributed by atoms with E-state index in [-0.39, 0.29) is 6.04 Å². The van der Waals surface area contributed by atoms with Crippen molar-refractivity contribution >= 4 is 10.0 Å². The average Bonchev–Trinajstić information content (AvgIpc) is 2.60. The molecule has 0 saturated carbocycles. The summed E-state index contributed by atoms with van der Waals surface area (Å²) in [5.41, 5.74) is 0.960. The molecule has 0 bridgehead atoms. The van der Waals surface area contributed by atoms with Gasteiger partial charge in [0, 0.05) is 25.3 Å². The third-order valence-corrected chi connectivity index (χ3v) is 4.48. The number of aromatic nitrogens is 2. The minimum atomic E-state index is -3.20. The van der Waals surface area contributed by atoms with E-state index in [1.807, 2.05) is 29.7 Å². The van der Waals surface area contributed by atoms with E-state index in [1.165, 1.54) is 6.26 Å². The fourth-order valence-electron chi connectivity index (χ4n) is 2.39. The van der Waals surface area contributed by atoms with Crippen molar-refractivity contribution in [1.82, 2.24) is 19.0 Å². The largest absolute Gasteiger partial charge is 0.308 e. The molecule has 0 saturated heterocycles. The van der Waals surface area contributed by atoms with Crippen LogP contribution in [0.5, 0.6) is 0 Å². The van der Waals surface area contributed by atoms with Crippen LogP contribution in [-0.2, 0) is 23.1 Å². The Morgan fingerprint density at radius 2 is 2.22 bits per heavy atom. The molecule has 1 atom stereocenters. The van der Waals surface area contributed by atoms with Gasteiger partial charge in [-0.25, -0.2) is 8.42 Å². The molecule has 1 aromatic rings. The van der Waals surface area contributed by atoms with E-state index >= 15 is 0 Å². The minimum Gasteiger partial charge on any atom is -0.308 e. The Balaban J connectivity index is 2.29. The summed E-state index contributed by atoms with van der Waals surface area (Å²) < 4.78 is 27.4. The van der Waals surface area contributed by atoms with Crippen molar-refractivity contribution in [2.24, 2.45) is 0 Å². The van der Waals surface area contributed by atoms with Gasteiger partial charge in [-0.3, -0.25) is 4.68 Å². The second kappa shape index (κ2) is 4.99. The van der Waals surface area contributed by atoms with Crippen LogP contribution in [0.3, 0.4) is 0 Å². The summed E-state index contributed by atoms with van der Waals surface area (Å²) >= 11 is 0. The molecule has 2 heterocycles. The summed E-state index contributed by atoms with van der Waals surface area (Å²) in [6, 6.07) is 1.90. The van der Waals surface area contributed by atoms with Crippen LogP contribution in [0, 0.1) is 0 Å². The minimum absolute atomic E-state index is 0.0108. The Bertz CT molecular complexity index is 509. The predicted molar refractivity (Wildman–Crippen MR) is 69.6 cm³/mol. The monoisotopic (exact) mass is 272 g/mol. The maximum absolute atomic E-state index is 11.9. The van der Waals surface area contributed by atoms with Crippen LogP contribution in [0.1, 0.15) is 12.1 Å². The maximum Gasteiger partial charge on any atom is 0.211 e. The smallest absolute Gasteiger partial charge is 0.211 e. The van der Waals surface area contributed by atoms with Gasteiger partial charge in [-0.05, 0) is 26.6 Å². The number of likely N-dealkylation sites (N-methyl/N-ethyl adjacent to an activating group) is 1. The van der Waals surface area contributed by atoms with E-state index in [0.29, 0.717) is 6.54 Å². The highest BCUT2D eigenvalue weighted by atomic mass is 32.2. The van der Waals surface area contributed by atoms with Gasteiger partial charge in [0.1, 0.15) is 0 Å². The van der Waals surface area contributed by atoms with Crippen LogP contribution < -0.4 is 0 Å². The molecular weight excluding hydrogens is 252 g/mol. The Morgan fingerprint density at radius 3 is 2.83 bits per heavy atom. The molecule has 0 aromatic carbocycles. The SMILES string of the molecule is CN(C)CC1CCn2nccc2CN1S(C)(=O)=O. The van der Waals surface area contributed by atoms with Crippen LogP contribution in [0.2, 0.25) is 0 Å². The Kier molecular flexibility index (Phi) is 3.74. The van der Waals surface area contributed by atoms with E-state index < -0.39 is 10.0 Å². The number of nitrogens with zero attached hydrogens (tertiary/aromatic N) is 4. The van der Waals surface area contributed by atoms with E-state index in [4.69, 9.17) is 0 Å². The van der Waals surface area contributed by atoms with Gasteiger partial charge >= 0.3 is 0 Å². The quantitative estimate of drug-likeness (QED) is 0.776. The molecule has 0 aliphatic carbocycles. The molecule has 0 radical (unpaired) electrons. The van der Waals surface area contributed by atoms with Gasteiger partial charge in [-0.2, -0.15) is 9.40 Å². The van der Waals surface area contributed by atoms with E-state index in [1.54, 1.807) is 10.5 Å². The van der Waals surface area contributed by atoms with Crippen molar-refractivity contribution in [3.05, 3.63) is 18.0 Å². The summed E-state index contributed by atoms with van der Waals surface area (Å²) in [4.78, 5) is 2.02. The van der Waals surface area contributed by atoms with Crippen molar-refractivity contribution in [3.63, 3.8) is 0 Å². The highest BCUT2D eigenvalue weighted by Gasteiger charge is 2.30. The molecule has 102 valence electrons. The Morgan fingerprint density at radius 1 is 1.50 bits per heavy atom. The fraction of sp³-hybridized carbons (Fsp3) is 0.727. The number of rotatable bonds is 3. The number of hydrogen-bond donors (Lipinski definition) is 0. The lowest BCUT2D eigenvalue weighted by Gasteiger charge is -2.29. The topological polar surface area (TPSA) is 58.4 Å². The lowest BCUT2D eigenvalue weighted by Crippen LogP contribution is -2.43. The molecule has 1 aromatic heterocycles. The lowest BCUT2D eigenvalue weighted by atomic mass is 10.2. The van der Waals surface area contributed by atoms with Crippen LogP contribution in [0.25, 0.3) is 0 Å². The van der Waals surface area contributed by atoms with E-state index in [2.05, 4.69) is 5.10 Å². The van der Waals surface area contributed by atoms with Gasteiger partial charge in [0.25, 0.3) is 0 Å². The molecule has 0 N–H and O–H groups in total. The summed E-state index contributed by atoms with van der Waals surface area (Å²) in [5, 5.41) is 4.23. The summed E-state index contributed by atoms with van der Waals surface area (Å²) in [7, 11) is 0.725. The van der Waals surface area contributed by atoms with Crippen LogP contribution in [0.4, 0.5) is 0 Å². The normalized spacial score (nSPS) is 21.9. The molecule has 1 aliphatic rings. The standard InChI is InChI=1S/C11H20N4O2S/c1-13(2)8-11-5-7-14-10(4-6-12-14)9-15(11)18(3,16)17/h4,6,11H,5,7-9H2,1-3H3. The average molecular weight is 272 g/mol. The molecule has 2 rings (SSSR count). The number of hydrogen-bond acceptors (Lipinski definition) is 4. The first kappa shape index (κ1) is 13.5. The Labute approximate surface area is 108 Å². The zero-order valence-corrected chi connectivity index (χ0v) is 11.9. The lowest BCUT2D eigenvalue weighted by molar-refractivity contribution is 0.240. The summed E-state index contributed by atoms with van der Waals surface area (Å²) in [6.07, 6.45) is 3.80. The van der Waals surface area contributed by atoms with Gasteiger partial charge in [-0.15, -0.1) is 0 Å². The highest BCUT2D eigenvalue weighted by Crippen LogP contribution is 2.20. The van der Waals surface area contributed by atoms with Gasteiger partial charge in [0.2, 0.25) is 10.0 Å². The third kappa shape index (κ3) is 2.90. The van der Waals surface area contributed by atoms with Crippen LogP contribution in [-0.4, -0.2) is 60.3 Å². The number of fused-ring (bicyclic) bond motifs is 1. The molecule has 0 amide bonds. The summed E-state index contributed by atoms with van der Waals surface area (Å²) in [6.45, 7) is 1.92. The maximum atomic E-state index is 11.9. The first-order valence-electron chi connectivity index (χ1n) is 6.00. The van der Waals surface area contributed by atoms with Crippen molar-refractivity contribution < 1.29 is 8.42 Å². The number of sulfonamides is 1. The van der Waals surface area contributed by atoms with Gasteiger partial charge in [0.15, 0.2) is 0 Å². The van der Waals surface area contributed by atoms with Gasteiger partial charge < -0.3 is 4.90 Å².